The van der Waals surface area contributed by atoms with Crippen LogP contribution in [0, 0.1) is 0 Å². The van der Waals surface area contributed by atoms with E-state index < -0.39 is 0 Å². The number of imidazole rings is 1. The average molecular weight is 535 g/mol. The summed E-state index contributed by atoms with van der Waals surface area (Å²) in [4.78, 5) is 21.0. The highest BCUT2D eigenvalue weighted by Crippen LogP contribution is 2.38. The van der Waals surface area contributed by atoms with Crippen LogP contribution < -0.4 is 29.5 Å². The third-order valence-electron chi connectivity index (χ3n) is 7.24. The Labute approximate surface area is 226 Å². The van der Waals surface area contributed by atoms with Gasteiger partial charge in [-0.05, 0) is 12.1 Å². The molecule has 0 amide bonds. The molecule has 2 saturated heterocycles. The number of nitrogens with one attached hydrogen (secondary N) is 1. The molecule has 198 valence electrons. The number of fused-ring (bicyclic) bond motifs is 1. The van der Waals surface area contributed by atoms with E-state index in [1.165, 1.54) is 0 Å². The van der Waals surface area contributed by atoms with E-state index in [0.717, 1.165) is 86.6 Å². The van der Waals surface area contributed by atoms with Gasteiger partial charge in [-0.2, -0.15) is 0 Å². The Balaban J connectivity index is 1.17. The van der Waals surface area contributed by atoms with Crippen LogP contribution in [0.4, 0.5) is 17.3 Å². The normalized spacial score (nSPS) is 16.2. The lowest BCUT2D eigenvalue weighted by Crippen LogP contribution is -2.47. The first-order valence-corrected chi connectivity index (χ1v) is 13.2. The second kappa shape index (κ2) is 10.5. The number of ether oxygens (including phenoxy) is 2. The molecule has 1 aromatic carbocycles. The predicted molar refractivity (Wildman–Crippen MR) is 150 cm³/mol. The molecule has 3 aromatic heterocycles. The summed E-state index contributed by atoms with van der Waals surface area (Å²) in [5.41, 5.74) is 3.63. The van der Waals surface area contributed by atoms with Crippen LogP contribution in [0.15, 0.2) is 49.1 Å². The number of rotatable bonds is 6. The van der Waals surface area contributed by atoms with Crippen LogP contribution >= 0.6 is 11.6 Å². The summed E-state index contributed by atoms with van der Waals surface area (Å²) in [6, 6.07) is 10.0. The van der Waals surface area contributed by atoms with Gasteiger partial charge in [0.05, 0.1) is 24.9 Å². The van der Waals surface area contributed by atoms with E-state index in [2.05, 4.69) is 54.4 Å². The fourth-order valence-electron chi connectivity index (χ4n) is 5.13. The van der Waals surface area contributed by atoms with Crippen LogP contribution in [0.3, 0.4) is 0 Å². The van der Waals surface area contributed by atoms with Gasteiger partial charge in [-0.15, -0.1) is 0 Å². The molecule has 2 fully saturated rings. The molecule has 0 radical (unpaired) electrons. The van der Waals surface area contributed by atoms with Gasteiger partial charge >= 0.3 is 0 Å². The summed E-state index contributed by atoms with van der Waals surface area (Å²) < 4.78 is 12.9. The van der Waals surface area contributed by atoms with Gasteiger partial charge in [0.15, 0.2) is 0 Å². The Morgan fingerprint density at radius 2 is 1.50 bits per heavy atom. The highest BCUT2D eigenvalue weighted by molar-refractivity contribution is 6.32. The number of halogens is 1. The average Bonchev–Trinajstić information content (AvgIpc) is 3.41. The minimum absolute atomic E-state index is 0.516. The van der Waals surface area contributed by atoms with E-state index in [4.69, 9.17) is 26.1 Å². The van der Waals surface area contributed by atoms with Crippen molar-refractivity contribution in [2.75, 3.05) is 81.3 Å². The molecule has 38 heavy (non-hydrogen) atoms. The highest BCUT2D eigenvalue weighted by atomic mass is 35.5. The lowest BCUT2D eigenvalue weighted by molar-refractivity contribution is 0.395. The first kappa shape index (κ1) is 24.6. The molecular weight excluding hydrogens is 504 g/mol. The molecular formula is C27H31ClN8O2. The van der Waals surface area contributed by atoms with Crippen molar-refractivity contribution in [3.05, 3.63) is 54.1 Å². The largest absolute Gasteiger partial charge is 0.496 e. The molecule has 0 spiro atoms. The van der Waals surface area contributed by atoms with E-state index in [1.807, 2.05) is 16.7 Å². The number of anilines is 3. The van der Waals surface area contributed by atoms with Crippen molar-refractivity contribution in [2.24, 2.45) is 0 Å². The summed E-state index contributed by atoms with van der Waals surface area (Å²) in [5, 5.41) is 3.91. The second-order valence-corrected chi connectivity index (χ2v) is 9.82. The van der Waals surface area contributed by atoms with Crippen LogP contribution in [-0.2, 0) is 0 Å². The zero-order valence-electron chi connectivity index (χ0n) is 21.6. The number of aromatic nitrogens is 4. The van der Waals surface area contributed by atoms with Crippen molar-refractivity contribution >= 4 is 34.6 Å². The van der Waals surface area contributed by atoms with Gasteiger partial charge in [0, 0.05) is 94.2 Å². The third kappa shape index (κ3) is 4.77. The summed E-state index contributed by atoms with van der Waals surface area (Å²) in [6.07, 6.45) is 5.73. The van der Waals surface area contributed by atoms with Gasteiger partial charge in [-0.25, -0.2) is 15.0 Å². The lowest BCUT2D eigenvalue weighted by Gasteiger charge is -2.37. The van der Waals surface area contributed by atoms with Crippen LogP contribution in [0.2, 0.25) is 5.02 Å². The minimum atomic E-state index is 0.516. The van der Waals surface area contributed by atoms with E-state index in [0.29, 0.717) is 16.5 Å². The maximum atomic E-state index is 6.40. The number of pyridine rings is 1. The minimum Gasteiger partial charge on any atom is -0.496 e. The first-order chi connectivity index (χ1) is 18.6. The summed E-state index contributed by atoms with van der Waals surface area (Å²) >= 11 is 6.40. The number of methoxy groups -OCH3 is 2. The number of hydrogen-bond acceptors (Lipinski definition) is 9. The van der Waals surface area contributed by atoms with Crippen LogP contribution in [0.25, 0.3) is 16.9 Å². The maximum Gasteiger partial charge on any atom is 0.141 e. The van der Waals surface area contributed by atoms with Gasteiger partial charge < -0.3 is 33.9 Å². The van der Waals surface area contributed by atoms with Gasteiger partial charge in [0.2, 0.25) is 0 Å². The Kier molecular flexibility index (Phi) is 6.82. The Hall–Kier alpha value is -3.76. The first-order valence-electron chi connectivity index (χ1n) is 12.8. The van der Waals surface area contributed by atoms with E-state index in [9.17, 15) is 0 Å². The maximum absolute atomic E-state index is 6.40. The molecule has 0 saturated carbocycles. The van der Waals surface area contributed by atoms with Crippen molar-refractivity contribution in [3.8, 4) is 22.8 Å². The summed E-state index contributed by atoms with van der Waals surface area (Å²) in [5.74, 6) is 3.23. The highest BCUT2D eigenvalue weighted by Gasteiger charge is 2.21. The second-order valence-electron chi connectivity index (χ2n) is 9.41. The molecule has 10 nitrogen and oxygen atoms in total. The van der Waals surface area contributed by atoms with Crippen molar-refractivity contribution in [3.63, 3.8) is 0 Å². The Morgan fingerprint density at radius 3 is 2.21 bits per heavy atom. The van der Waals surface area contributed by atoms with Gasteiger partial charge in [0.25, 0.3) is 0 Å². The molecule has 0 atom stereocenters. The topological polar surface area (TPSA) is 83.3 Å². The number of nitrogens with zero attached hydrogens (tertiary/aromatic N) is 7. The molecule has 4 aromatic rings. The zero-order valence-corrected chi connectivity index (χ0v) is 22.4. The monoisotopic (exact) mass is 534 g/mol. The standard InChI is InChI=1S/C27H31ClN8O2/c1-37-23-15-24(38-2)21(28)14-20(23)22-17-36-6-3-19(13-27(36)32-22)33-9-11-35(12-10-33)26-16-25(30-18-31-26)34-7-4-29-5-8-34/h3,6,13-18,29H,4-5,7-12H2,1-2H3. The molecule has 5 heterocycles. The molecule has 1 N–H and O–H groups in total. The van der Waals surface area contributed by atoms with Crippen molar-refractivity contribution in [1.82, 2.24) is 24.7 Å². The SMILES string of the molecule is COc1cc(OC)c(-c2cn3ccc(N4CCN(c5cc(N6CCNCC6)ncn5)CC4)cc3n2)cc1Cl. The molecule has 2 aliphatic heterocycles. The van der Waals surface area contributed by atoms with Crippen LogP contribution in [0.5, 0.6) is 11.5 Å². The quantitative estimate of drug-likeness (QED) is 0.401. The Morgan fingerprint density at radius 1 is 0.816 bits per heavy atom. The molecule has 6 rings (SSSR count). The lowest BCUT2D eigenvalue weighted by atomic mass is 10.1. The molecule has 0 unspecified atom stereocenters. The van der Waals surface area contributed by atoms with Crippen LogP contribution in [-0.4, -0.2) is 85.9 Å². The fourth-order valence-corrected chi connectivity index (χ4v) is 5.37. The summed E-state index contributed by atoms with van der Waals surface area (Å²) in [6.45, 7) is 7.51. The van der Waals surface area contributed by atoms with Crippen molar-refractivity contribution in [2.45, 2.75) is 0 Å². The smallest absolute Gasteiger partial charge is 0.141 e. The summed E-state index contributed by atoms with van der Waals surface area (Å²) in [7, 11) is 3.22. The molecule has 2 aliphatic rings. The van der Waals surface area contributed by atoms with E-state index >= 15 is 0 Å². The third-order valence-corrected chi connectivity index (χ3v) is 7.54. The molecule has 11 heteroatoms. The molecule has 0 bridgehead atoms. The molecule has 0 aliphatic carbocycles. The number of benzene rings is 1. The predicted octanol–water partition coefficient (Wildman–Crippen LogP) is 3.20. The number of piperazine rings is 2. The van der Waals surface area contributed by atoms with Gasteiger partial charge in [-0.3, -0.25) is 0 Å². The van der Waals surface area contributed by atoms with E-state index in [1.54, 1.807) is 26.6 Å². The fraction of sp³-hybridized carbons (Fsp3) is 0.370. The number of hydrogen-bond donors (Lipinski definition) is 1. The zero-order chi connectivity index (χ0) is 26.1. The van der Waals surface area contributed by atoms with E-state index in [-0.39, 0.29) is 0 Å². The van der Waals surface area contributed by atoms with Gasteiger partial charge in [-0.1, -0.05) is 11.6 Å². The van der Waals surface area contributed by atoms with Crippen molar-refractivity contribution < 1.29 is 9.47 Å². The van der Waals surface area contributed by atoms with Crippen LogP contribution in [0.1, 0.15) is 0 Å². The van der Waals surface area contributed by atoms with Gasteiger partial charge in [0.1, 0.15) is 35.1 Å². The Bertz CT molecular complexity index is 1430. The van der Waals surface area contributed by atoms with Crippen molar-refractivity contribution in [1.29, 1.82) is 0 Å².